The number of hydrogen-bond acceptors (Lipinski definition) is 5. The Morgan fingerprint density at radius 2 is 1.96 bits per heavy atom. The molecule has 1 saturated carbocycles. The number of hydrogen-bond donors (Lipinski definition) is 1. The second-order valence-corrected chi connectivity index (χ2v) is 7.58. The molecule has 0 unspecified atom stereocenters. The van der Waals surface area contributed by atoms with Gasteiger partial charge in [0.05, 0.1) is 6.54 Å². The molecule has 0 spiro atoms. The van der Waals surface area contributed by atoms with Crippen LogP contribution in [0.3, 0.4) is 0 Å². The van der Waals surface area contributed by atoms with Crippen molar-refractivity contribution in [2.45, 2.75) is 51.2 Å². The molecule has 3 rings (SSSR count). The number of halogens is 1. The number of aromatic nitrogens is 2. The zero-order chi connectivity index (χ0) is 17.6. The van der Waals surface area contributed by atoms with Crippen LogP contribution in [0.4, 0.5) is 4.39 Å². The molecule has 134 valence electrons. The number of nitrogens with one attached hydrogen (secondary N) is 1. The fraction of sp³-hybridized carbons (Fsp3) is 0.500. The maximum absolute atomic E-state index is 12.9. The Morgan fingerprint density at radius 3 is 2.68 bits per heavy atom. The first-order valence-corrected chi connectivity index (χ1v) is 9.49. The number of nitrogens with zero attached hydrogens (tertiary/aromatic N) is 3. The molecular weight excluding hydrogens is 339 g/mol. The van der Waals surface area contributed by atoms with Gasteiger partial charge in [-0.05, 0) is 37.6 Å². The summed E-state index contributed by atoms with van der Waals surface area (Å²) in [6.07, 6.45) is 6.40. The highest BCUT2D eigenvalue weighted by atomic mass is 32.1. The molecule has 25 heavy (non-hydrogen) atoms. The molecule has 1 fully saturated rings. The third-order valence-electron chi connectivity index (χ3n) is 4.61. The Hall–Kier alpha value is -1.86. The lowest BCUT2D eigenvalue weighted by Crippen LogP contribution is -2.32. The van der Waals surface area contributed by atoms with Gasteiger partial charge in [0.15, 0.2) is 0 Å². The van der Waals surface area contributed by atoms with Crippen molar-refractivity contribution in [1.82, 2.24) is 20.4 Å². The van der Waals surface area contributed by atoms with Gasteiger partial charge < -0.3 is 5.32 Å². The molecule has 0 atom stereocenters. The van der Waals surface area contributed by atoms with E-state index in [-0.39, 0.29) is 11.7 Å². The minimum absolute atomic E-state index is 0.242. The summed E-state index contributed by atoms with van der Waals surface area (Å²) in [4.78, 5) is 14.5. The van der Waals surface area contributed by atoms with Crippen LogP contribution in [0.2, 0.25) is 0 Å². The number of amides is 1. The first-order chi connectivity index (χ1) is 12.1. The van der Waals surface area contributed by atoms with E-state index in [9.17, 15) is 9.18 Å². The van der Waals surface area contributed by atoms with Crippen molar-refractivity contribution in [3.63, 3.8) is 0 Å². The lowest BCUT2D eigenvalue weighted by atomic mass is 9.94. The number of benzene rings is 1. The molecule has 1 aliphatic rings. The SMILES string of the molecule is CN(Cc1nnc(C(=O)NCc2ccc(F)cc2)s1)C1CCCCC1. The van der Waals surface area contributed by atoms with Crippen LogP contribution in [0.5, 0.6) is 0 Å². The summed E-state index contributed by atoms with van der Waals surface area (Å²) in [5.41, 5.74) is 0.844. The van der Waals surface area contributed by atoms with E-state index in [0.29, 0.717) is 17.6 Å². The summed E-state index contributed by atoms with van der Waals surface area (Å²) in [6.45, 7) is 1.07. The molecule has 1 heterocycles. The first kappa shape index (κ1) is 17.9. The molecule has 0 saturated heterocycles. The van der Waals surface area contributed by atoms with E-state index >= 15 is 0 Å². The predicted molar refractivity (Wildman–Crippen MR) is 95.8 cm³/mol. The van der Waals surface area contributed by atoms with E-state index in [4.69, 9.17) is 0 Å². The molecule has 7 heteroatoms. The van der Waals surface area contributed by atoms with Crippen LogP contribution in [0.1, 0.15) is 52.5 Å². The van der Waals surface area contributed by atoms with E-state index in [1.54, 1.807) is 12.1 Å². The molecule has 0 radical (unpaired) electrons. The molecule has 1 aromatic carbocycles. The standard InChI is InChI=1S/C18H23FN4OS/c1-23(15-5-3-2-4-6-15)12-16-21-22-18(25-16)17(24)20-11-13-7-9-14(19)10-8-13/h7-10,15H,2-6,11-12H2,1H3,(H,20,24). The minimum Gasteiger partial charge on any atom is -0.346 e. The summed E-state index contributed by atoms with van der Waals surface area (Å²) < 4.78 is 12.9. The number of carbonyl (C=O) groups is 1. The average Bonchev–Trinajstić information content (AvgIpc) is 3.10. The van der Waals surface area contributed by atoms with Crippen molar-refractivity contribution in [3.8, 4) is 0 Å². The molecule has 0 bridgehead atoms. The molecule has 1 amide bonds. The van der Waals surface area contributed by atoms with Crippen LogP contribution < -0.4 is 5.32 Å². The van der Waals surface area contributed by atoms with Gasteiger partial charge in [-0.2, -0.15) is 0 Å². The van der Waals surface area contributed by atoms with Gasteiger partial charge in [-0.25, -0.2) is 4.39 Å². The van der Waals surface area contributed by atoms with E-state index in [2.05, 4.69) is 27.5 Å². The average molecular weight is 362 g/mol. The van der Waals surface area contributed by atoms with Crippen molar-refractivity contribution < 1.29 is 9.18 Å². The summed E-state index contributed by atoms with van der Waals surface area (Å²) in [6, 6.07) is 6.67. The van der Waals surface area contributed by atoms with Crippen LogP contribution in [0.25, 0.3) is 0 Å². The van der Waals surface area contributed by atoms with Crippen LogP contribution in [-0.4, -0.2) is 34.1 Å². The Morgan fingerprint density at radius 1 is 1.24 bits per heavy atom. The third-order valence-corrected chi connectivity index (χ3v) is 5.52. The second-order valence-electron chi connectivity index (χ2n) is 6.52. The largest absolute Gasteiger partial charge is 0.346 e. The lowest BCUT2D eigenvalue weighted by Gasteiger charge is -2.30. The molecule has 0 aliphatic heterocycles. The smallest absolute Gasteiger partial charge is 0.282 e. The Kier molecular flexibility index (Phi) is 6.09. The van der Waals surface area contributed by atoms with E-state index in [1.807, 2.05) is 0 Å². The Balaban J connectivity index is 1.51. The molecule has 1 aliphatic carbocycles. The van der Waals surface area contributed by atoms with Gasteiger partial charge in [0.2, 0.25) is 5.01 Å². The first-order valence-electron chi connectivity index (χ1n) is 8.67. The predicted octanol–water partition coefficient (Wildman–Crippen LogP) is 3.37. The highest BCUT2D eigenvalue weighted by molar-refractivity contribution is 7.13. The minimum atomic E-state index is -0.286. The van der Waals surface area contributed by atoms with Crippen molar-refractivity contribution in [3.05, 3.63) is 45.7 Å². The fourth-order valence-electron chi connectivity index (χ4n) is 3.13. The number of rotatable bonds is 6. The lowest BCUT2D eigenvalue weighted by molar-refractivity contribution is 0.0950. The molecular formula is C18H23FN4OS. The molecule has 1 N–H and O–H groups in total. The Labute approximate surface area is 151 Å². The van der Waals surface area contributed by atoms with Gasteiger partial charge in [-0.3, -0.25) is 9.69 Å². The summed E-state index contributed by atoms with van der Waals surface area (Å²) in [7, 11) is 2.12. The van der Waals surface area contributed by atoms with Gasteiger partial charge in [0, 0.05) is 12.6 Å². The van der Waals surface area contributed by atoms with E-state index in [1.165, 1.54) is 55.6 Å². The fourth-order valence-corrected chi connectivity index (χ4v) is 3.95. The van der Waals surface area contributed by atoms with Crippen molar-refractivity contribution in [1.29, 1.82) is 0 Å². The van der Waals surface area contributed by atoms with Crippen LogP contribution >= 0.6 is 11.3 Å². The summed E-state index contributed by atoms with van der Waals surface area (Å²) >= 11 is 1.33. The zero-order valence-electron chi connectivity index (χ0n) is 14.4. The van der Waals surface area contributed by atoms with Crippen molar-refractivity contribution in [2.24, 2.45) is 0 Å². The highest BCUT2D eigenvalue weighted by Crippen LogP contribution is 2.23. The highest BCUT2D eigenvalue weighted by Gasteiger charge is 2.20. The van der Waals surface area contributed by atoms with Crippen LogP contribution in [-0.2, 0) is 13.1 Å². The third kappa shape index (κ3) is 5.06. The van der Waals surface area contributed by atoms with E-state index in [0.717, 1.165) is 17.1 Å². The van der Waals surface area contributed by atoms with Crippen LogP contribution in [0.15, 0.2) is 24.3 Å². The van der Waals surface area contributed by atoms with Gasteiger partial charge in [0.25, 0.3) is 5.91 Å². The van der Waals surface area contributed by atoms with Gasteiger partial charge in [-0.15, -0.1) is 10.2 Å². The monoisotopic (exact) mass is 362 g/mol. The summed E-state index contributed by atoms with van der Waals surface area (Å²) in [5.74, 6) is -0.528. The van der Waals surface area contributed by atoms with Crippen molar-refractivity contribution in [2.75, 3.05) is 7.05 Å². The molecule has 5 nitrogen and oxygen atoms in total. The normalized spacial score (nSPS) is 15.5. The molecule has 1 aromatic heterocycles. The summed E-state index contributed by atoms with van der Waals surface area (Å²) in [5, 5.41) is 12.2. The maximum Gasteiger partial charge on any atom is 0.282 e. The Bertz CT molecular complexity index is 697. The van der Waals surface area contributed by atoms with Gasteiger partial charge >= 0.3 is 0 Å². The number of carbonyl (C=O) groups excluding carboxylic acids is 1. The topological polar surface area (TPSA) is 58.1 Å². The van der Waals surface area contributed by atoms with Gasteiger partial charge in [-0.1, -0.05) is 42.7 Å². The van der Waals surface area contributed by atoms with E-state index < -0.39 is 0 Å². The quantitative estimate of drug-likeness (QED) is 0.856. The molecule has 2 aromatic rings. The van der Waals surface area contributed by atoms with Crippen molar-refractivity contribution >= 4 is 17.2 Å². The van der Waals surface area contributed by atoms with Crippen LogP contribution in [0, 0.1) is 5.82 Å². The van der Waals surface area contributed by atoms with Gasteiger partial charge in [0.1, 0.15) is 10.8 Å². The second kappa shape index (κ2) is 8.49. The maximum atomic E-state index is 12.9. The zero-order valence-corrected chi connectivity index (χ0v) is 15.2.